The third-order valence-corrected chi connectivity index (χ3v) is 3.06. The fourth-order valence-corrected chi connectivity index (χ4v) is 1.97. The van der Waals surface area contributed by atoms with E-state index in [-0.39, 0.29) is 5.56 Å². The van der Waals surface area contributed by atoms with E-state index >= 15 is 0 Å². The van der Waals surface area contributed by atoms with Gasteiger partial charge in [-0.2, -0.15) is 0 Å². The first-order valence-electron chi connectivity index (χ1n) is 5.15. The number of hydrogen-bond donors (Lipinski definition) is 0. The Labute approximate surface area is 110 Å². The van der Waals surface area contributed by atoms with Crippen LogP contribution in [0.25, 0.3) is 0 Å². The third kappa shape index (κ3) is 2.30. The van der Waals surface area contributed by atoms with Gasteiger partial charge in [-0.1, -0.05) is 30.3 Å². The summed E-state index contributed by atoms with van der Waals surface area (Å²) in [5, 5.41) is -1.47. The van der Waals surface area contributed by atoms with Crippen LogP contribution in [0.3, 0.4) is 0 Å². The number of alkyl halides is 1. The molecule has 0 fully saturated rings. The summed E-state index contributed by atoms with van der Waals surface area (Å²) in [6.45, 7) is 0. The van der Waals surface area contributed by atoms with Crippen LogP contribution < -0.4 is 0 Å². The zero-order chi connectivity index (χ0) is 14.2. The summed E-state index contributed by atoms with van der Waals surface area (Å²) in [5.41, 5.74) is -0.823. The number of rotatable bonds is 2. The molecule has 0 saturated carbocycles. The molecule has 1 unspecified atom stereocenters. The van der Waals surface area contributed by atoms with E-state index in [0.29, 0.717) is 0 Å². The molecule has 0 radical (unpaired) electrons. The molecule has 19 heavy (non-hydrogen) atoms. The Hall–Kier alpha value is -1.62. The Morgan fingerprint density at radius 3 is 1.58 bits per heavy atom. The van der Waals surface area contributed by atoms with E-state index in [1.807, 2.05) is 0 Å². The van der Waals surface area contributed by atoms with E-state index in [9.17, 15) is 22.0 Å². The standard InChI is InChI=1S/C13H6ClF5/c14-8(6-4-2-1-3-5-6)7-9(15)11(17)13(19)12(18)10(7)16/h1-5,8H. The molecule has 2 rings (SSSR count). The van der Waals surface area contributed by atoms with E-state index in [2.05, 4.69) is 0 Å². The van der Waals surface area contributed by atoms with Crippen LogP contribution in [-0.4, -0.2) is 0 Å². The molecule has 0 aliphatic carbocycles. The Bertz CT molecular complexity index is 583. The fraction of sp³-hybridized carbons (Fsp3) is 0.0769. The smallest absolute Gasteiger partial charge is 0.200 e. The molecule has 0 aliphatic heterocycles. The molecule has 0 saturated heterocycles. The van der Waals surface area contributed by atoms with Crippen LogP contribution in [0.2, 0.25) is 0 Å². The van der Waals surface area contributed by atoms with Gasteiger partial charge in [-0.15, -0.1) is 11.6 Å². The number of hydrogen-bond acceptors (Lipinski definition) is 0. The van der Waals surface area contributed by atoms with Crippen molar-refractivity contribution in [3.8, 4) is 0 Å². The maximum absolute atomic E-state index is 13.5. The Balaban J connectivity index is 2.64. The van der Waals surface area contributed by atoms with E-state index < -0.39 is 40.0 Å². The van der Waals surface area contributed by atoms with Gasteiger partial charge in [-0.3, -0.25) is 0 Å². The van der Waals surface area contributed by atoms with Gasteiger partial charge in [0.2, 0.25) is 5.82 Å². The summed E-state index contributed by atoms with van der Waals surface area (Å²) in [5.74, 6) is -10.0. The van der Waals surface area contributed by atoms with Crippen molar-refractivity contribution in [2.75, 3.05) is 0 Å². The average molecular weight is 293 g/mol. The van der Waals surface area contributed by atoms with E-state index in [4.69, 9.17) is 11.6 Å². The topological polar surface area (TPSA) is 0 Å². The van der Waals surface area contributed by atoms with Crippen LogP contribution in [0.5, 0.6) is 0 Å². The van der Waals surface area contributed by atoms with Gasteiger partial charge in [0, 0.05) is 0 Å². The minimum absolute atomic E-state index is 0.229. The van der Waals surface area contributed by atoms with Gasteiger partial charge in [0.1, 0.15) is 0 Å². The number of halogens is 6. The second-order valence-electron chi connectivity index (χ2n) is 3.76. The first-order valence-corrected chi connectivity index (χ1v) is 5.59. The van der Waals surface area contributed by atoms with Gasteiger partial charge in [-0.05, 0) is 5.56 Å². The highest BCUT2D eigenvalue weighted by Gasteiger charge is 2.30. The Morgan fingerprint density at radius 1 is 0.684 bits per heavy atom. The van der Waals surface area contributed by atoms with Crippen LogP contribution in [0.15, 0.2) is 30.3 Å². The summed E-state index contributed by atoms with van der Waals surface area (Å²) in [4.78, 5) is 0. The minimum atomic E-state index is -2.20. The Morgan fingerprint density at radius 2 is 1.11 bits per heavy atom. The average Bonchev–Trinajstić information content (AvgIpc) is 2.44. The van der Waals surface area contributed by atoms with Crippen molar-refractivity contribution >= 4 is 11.6 Å². The van der Waals surface area contributed by atoms with Crippen molar-refractivity contribution < 1.29 is 22.0 Å². The van der Waals surface area contributed by atoms with Crippen molar-refractivity contribution in [1.29, 1.82) is 0 Å². The number of benzene rings is 2. The summed E-state index contributed by atoms with van der Waals surface area (Å²) in [6.07, 6.45) is 0. The van der Waals surface area contributed by atoms with Gasteiger partial charge in [0.25, 0.3) is 0 Å². The van der Waals surface area contributed by atoms with E-state index in [0.717, 1.165) is 0 Å². The molecule has 0 N–H and O–H groups in total. The van der Waals surface area contributed by atoms with Gasteiger partial charge in [-0.25, -0.2) is 22.0 Å². The first-order chi connectivity index (χ1) is 8.95. The van der Waals surface area contributed by atoms with Crippen molar-refractivity contribution in [2.24, 2.45) is 0 Å². The maximum atomic E-state index is 13.5. The van der Waals surface area contributed by atoms with E-state index in [1.165, 1.54) is 24.3 Å². The highest BCUT2D eigenvalue weighted by Crippen LogP contribution is 2.35. The summed E-state index contributed by atoms with van der Waals surface area (Å²) >= 11 is 5.80. The van der Waals surface area contributed by atoms with Crippen molar-refractivity contribution in [1.82, 2.24) is 0 Å². The van der Waals surface area contributed by atoms with Crippen LogP contribution in [0.4, 0.5) is 22.0 Å². The zero-order valence-electron chi connectivity index (χ0n) is 9.23. The Kier molecular flexibility index (Phi) is 3.75. The highest BCUT2D eigenvalue weighted by molar-refractivity contribution is 6.22. The van der Waals surface area contributed by atoms with Gasteiger partial charge in [0.05, 0.1) is 10.9 Å². The quantitative estimate of drug-likeness (QED) is 0.325. The van der Waals surface area contributed by atoms with Crippen LogP contribution in [0, 0.1) is 29.1 Å². The largest absolute Gasteiger partial charge is 0.203 e. The van der Waals surface area contributed by atoms with Gasteiger partial charge < -0.3 is 0 Å². The van der Waals surface area contributed by atoms with Crippen molar-refractivity contribution in [3.63, 3.8) is 0 Å². The second-order valence-corrected chi connectivity index (χ2v) is 4.19. The van der Waals surface area contributed by atoms with Crippen molar-refractivity contribution in [3.05, 3.63) is 70.5 Å². The lowest BCUT2D eigenvalue weighted by Gasteiger charge is -2.13. The monoisotopic (exact) mass is 292 g/mol. The summed E-state index contributed by atoms with van der Waals surface area (Å²) < 4.78 is 66.1. The van der Waals surface area contributed by atoms with Crippen LogP contribution in [-0.2, 0) is 0 Å². The summed E-state index contributed by atoms with van der Waals surface area (Å²) in [7, 11) is 0. The molecule has 0 bridgehead atoms. The normalized spacial score (nSPS) is 12.5. The second kappa shape index (κ2) is 5.17. The van der Waals surface area contributed by atoms with Gasteiger partial charge >= 0.3 is 0 Å². The highest BCUT2D eigenvalue weighted by atomic mass is 35.5. The minimum Gasteiger partial charge on any atom is -0.203 e. The molecule has 0 aliphatic rings. The fourth-order valence-electron chi connectivity index (χ4n) is 1.63. The molecular weight excluding hydrogens is 287 g/mol. The lowest BCUT2D eigenvalue weighted by molar-refractivity contribution is 0.371. The lowest BCUT2D eigenvalue weighted by Crippen LogP contribution is -2.09. The van der Waals surface area contributed by atoms with Crippen LogP contribution >= 0.6 is 11.6 Å². The molecule has 1 atom stereocenters. The molecule has 0 aromatic heterocycles. The van der Waals surface area contributed by atoms with Crippen LogP contribution in [0.1, 0.15) is 16.5 Å². The molecule has 2 aromatic rings. The zero-order valence-corrected chi connectivity index (χ0v) is 9.99. The lowest BCUT2D eigenvalue weighted by atomic mass is 10.0. The predicted molar refractivity (Wildman–Crippen MR) is 60.4 cm³/mol. The molecule has 0 nitrogen and oxygen atoms in total. The van der Waals surface area contributed by atoms with Crippen molar-refractivity contribution in [2.45, 2.75) is 5.38 Å². The molecule has 6 heteroatoms. The predicted octanol–water partition coefficient (Wildman–Crippen LogP) is 4.71. The third-order valence-electron chi connectivity index (χ3n) is 2.59. The van der Waals surface area contributed by atoms with E-state index in [1.54, 1.807) is 6.07 Å². The first kappa shape index (κ1) is 13.8. The molecule has 0 amide bonds. The maximum Gasteiger partial charge on any atom is 0.200 e. The molecular formula is C13H6ClF5. The molecule has 100 valence electrons. The molecule has 2 aromatic carbocycles. The SMILES string of the molecule is Fc1c(F)c(F)c(C(Cl)c2ccccc2)c(F)c1F. The van der Waals surface area contributed by atoms with Gasteiger partial charge in [0.15, 0.2) is 23.3 Å². The molecule has 0 spiro atoms. The molecule has 0 heterocycles. The summed E-state index contributed by atoms with van der Waals surface area (Å²) in [6, 6.07) is 7.56.